The average Bonchev–Trinajstić information content (AvgIpc) is 3.10. The van der Waals surface area contributed by atoms with Crippen molar-refractivity contribution in [1.82, 2.24) is 29.5 Å². The molecule has 1 saturated heterocycles. The lowest BCUT2D eigenvalue weighted by atomic mass is 10.2. The number of ether oxygens (including phenoxy) is 1. The second kappa shape index (κ2) is 7.10. The summed E-state index contributed by atoms with van der Waals surface area (Å²) < 4.78 is 7.43. The Hall–Kier alpha value is -3.59. The Labute approximate surface area is 167 Å². The molecule has 5 rings (SSSR count). The molecule has 1 fully saturated rings. The molecule has 0 unspecified atom stereocenters. The molecule has 1 aliphatic rings. The van der Waals surface area contributed by atoms with Crippen molar-refractivity contribution in [2.75, 3.05) is 36.9 Å². The Balaban J connectivity index is 1.70. The molecule has 4 heterocycles. The van der Waals surface area contributed by atoms with Gasteiger partial charge in [0.2, 0.25) is 11.9 Å². The molecule has 1 aliphatic heterocycles. The number of hydrogen-bond donors (Lipinski definition) is 1. The van der Waals surface area contributed by atoms with E-state index in [2.05, 4.69) is 14.9 Å². The molecule has 0 bridgehead atoms. The van der Waals surface area contributed by atoms with Crippen molar-refractivity contribution in [2.24, 2.45) is 0 Å². The Morgan fingerprint density at radius 1 is 0.931 bits per heavy atom. The van der Waals surface area contributed by atoms with Gasteiger partial charge in [-0.3, -0.25) is 4.57 Å². The summed E-state index contributed by atoms with van der Waals surface area (Å²) in [4.78, 5) is 25.2. The van der Waals surface area contributed by atoms with Gasteiger partial charge in [0, 0.05) is 24.8 Å². The molecule has 1 aromatic carbocycles. The van der Waals surface area contributed by atoms with Gasteiger partial charge in [-0.15, -0.1) is 0 Å². The van der Waals surface area contributed by atoms with Gasteiger partial charge in [-0.05, 0) is 31.2 Å². The number of pyridine rings is 1. The molecular weight excluding hydrogens is 368 g/mol. The second-order valence-corrected chi connectivity index (χ2v) is 6.81. The minimum Gasteiger partial charge on any atom is -0.384 e. The monoisotopic (exact) mass is 388 g/mol. The van der Waals surface area contributed by atoms with Crippen LogP contribution in [-0.4, -0.2) is 55.8 Å². The van der Waals surface area contributed by atoms with E-state index < -0.39 is 0 Å². The molecule has 146 valence electrons. The van der Waals surface area contributed by atoms with E-state index in [1.807, 2.05) is 41.8 Å². The molecule has 3 aromatic heterocycles. The number of fused-ring (bicyclic) bond motifs is 1. The molecule has 0 radical (unpaired) electrons. The number of rotatable bonds is 3. The molecule has 0 amide bonds. The van der Waals surface area contributed by atoms with Crippen LogP contribution in [0, 0.1) is 6.92 Å². The van der Waals surface area contributed by atoms with Gasteiger partial charge < -0.3 is 15.4 Å². The molecule has 9 heteroatoms. The molecule has 4 aromatic rings. The van der Waals surface area contributed by atoms with Crippen LogP contribution in [0.1, 0.15) is 5.82 Å². The fourth-order valence-corrected chi connectivity index (χ4v) is 3.42. The third-order valence-corrected chi connectivity index (χ3v) is 4.88. The number of hydrogen-bond acceptors (Lipinski definition) is 8. The quantitative estimate of drug-likeness (QED) is 0.568. The molecular formula is C20H20N8O. The summed E-state index contributed by atoms with van der Waals surface area (Å²) in [5.41, 5.74) is 8.37. The van der Waals surface area contributed by atoms with Gasteiger partial charge in [0.25, 0.3) is 0 Å². The van der Waals surface area contributed by atoms with Crippen molar-refractivity contribution in [3.8, 4) is 17.3 Å². The van der Waals surface area contributed by atoms with Crippen molar-refractivity contribution in [2.45, 2.75) is 6.92 Å². The van der Waals surface area contributed by atoms with E-state index in [1.165, 1.54) is 0 Å². The summed E-state index contributed by atoms with van der Waals surface area (Å²) in [6.45, 7) is 4.70. The zero-order valence-electron chi connectivity index (χ0n) is 16.0. The molecule has 0 spiro atoms. The number of imidazole rings is 1. The van der Waals surface area contributed by atoms with Gasteiger partial charge in [-0.25, -0.2) is 9.97 Å². The molecule has 9 nitrogen and oxygen atoms in total. The van der Waals surface area contributed by atoms with Crippen molar-refractivity contribution < 1.29 is 4.74 Å². The van der Waals surface area contributed by atoms with Crippen molar-refractivity contribution in [1.29, 1.82) is 0 Å². The number of nitrogen functional groups attached to an aromatic ring is 1. The summed E-state index contributed by atoms with van der Waals surface area (Å²) in [7, 11) is 0. The molecule has 2 N–H and O–H groups in total. The number of anilines is 2. The molecule has 0 atom stereocenters. The standard InChI is InChI=1S/C20H20N8O/c1-13-23-15-4-2-3-5-16(15)28(13)20-25-18(14-6-7-17(21)22-12-14)24-19(26-20)27-8-10-29-11-9-27/h2-7,12H,8-11H2,1H3,(H2,21,22). The normalized spacial score (nSPS) is 14.4. The first-order valence-electron chi connectivity index (χ1n) is 9.44. The van der Waals surface area contributed by atoms with E-state index in [0.717, 1.165) is 35.5 Å². The highest BCUT2D eigenvalue weighted by atomic mass is 16.5. The maximum absolute atomic E-state index is 5.74. The maximum Gasteiger partial charge on any atom is 0.241 e. The highest BCUT2D eigenvalue weighted by molar-refractivity contribution is 5.77. The van der Waals surface area contributed by atoms with Crippen LogP contribution >= 0.6 is 0 Å². The van der Waals surface area contributed by atoms with Gasteiger partial charge in [-0.2, -0.15) is 15.0 Å². The van der Waals surface area contributed by atoms with Crippen molar-refractivity contribution in [3.05, 3.63) is 48.4 Å². The lowest BCUT2D eigenvalue weighted by Crippen LogP contribution is -2.37. The average molecular weight is 388 g/mol. The fraction of sp³-hybridized carbons (Fsp3) is 0.250. The van der Waals surface area contributed by atoms with Crippen LogP contribution in [0.15, 0.2) is 42.6 Å². The Kier molecular flexibility index (Phi) is 4.28. The smallest absolute Gasteiger partial charge is 0.241 e. The van der Waals surface area contributed by atoms with Crippen LogP contribution in [0.4, 0.5) is 11.8 Å². The summed E-state index contributed by atoms with van der Waals surface area (Å²) in [5, 5.41) is 0. The van der Waals surface area contributed by atoms with Gasteiger partial charge in [0.15, 0.2) is 5.82 Å². The van der Waals surface area contributed by atoms with Gasteiger partial charge in [-0.1, -0.05) is 12.1 Å². The Bertz CT molecular complexity index is 1170. The number of aryl methyl sites for hydroxylation is 1. The summed E-state index contributed by atoms with van der Waals surface area (Å²) >= 11 is 0. The number of morpholine rings is 1. The van der Waals surface area contributed by atoms with E-state index in [9.17, 15) is 0 Å². The van der Waals surface area contributed by atoms with E-state index in [-0.39, 0.29) is 0 Å². The van der Waals surface area contributed by atoms with E-state index in [4.69, 9.17) is 25.4 Å². The zero-order valence-corrected chi connectivity index (χ0v) is 16.0. The first-order chi connectivity index (χ1) is 14.2. The maximum atomic E-state index is 5.74. The Morgan fingerprint density at radius 3 is 2.52 bits per heavy atom. The largest absolute Gasteiger partial charge is 0.384 e. The summed E-state index contributed by atoms with van der Waals surface area (Å²) in [6.07, 6.45) is 1.68. The molecule has 0 aliphatic carbocycles. The molecule has 0 saturated carbocycles. The van der Waals surface area contributed by atoms with Crippen LogP contribution in [0.5, 0.6) is 0 Å². The number of nitrogens with zero attached hydrogens (tertiary/aromatic N) is 7. The number of aromatic nitrogens is 6. The van der Waals surface area contributed by atoms with Crippen LogP contribution in [-0.2, 0) is 4.74 Å². The van der Waals surface area contributed by atoms with Crippen LogP contribution in [0.25, 0.3) is 28.4 Å². The topological polar surface area (TPSA) is 108 Å². The zero-order chi connectivity index (χ0) is 19.8. The third-order valence-electron chi connectivity index (χ3n) is 4.88. The van der Waals surface area contributed by atoms with Gasteiger partial charge >= 0.3 is 0 Å². The second-order valence-electron chi connectivity index (χ2n) is 6.81. The van der Waals surface area contributed by atoms with E-state index in [1.54, 1.807) is 12.3 Å². The highest BCUT2D eigenvalue weighted by Crippen LogP contribution is 2.24. The third kappa shape index (κ3) is 3.25. The van der Waals surface area contributed by atoms with Gasteiger partial charge in [0.1, 0.15) is 11.6 Å². The van der Waals surface area contributed by atoms with E-state index >= 15 is 0 Å². The SMILES string of the molecule is Cc1nc2ccccc2n1-c1nc(-c2ccc(N)nc2)nc(N2CCOCC2)n1. The molecule has 29 heavy (non-hydrogen) atoms. The fourth-order valence-electron chi connectivity index (χ4n) is 3.42. The predicted molar refractivity (Wildman–Crippen MR) is 110 cm³/mol. The summed E-state index contributed by atoms with van der Waals surface area (Å²) in [5.74, 6) is 2.95. The van der Waals surface area contributed by atoms with E-state index in [0.29, 0.717) is 36.8 Å². The minimum atomic E-state index is 0.452. The number of nitrogens with two attached hydrogens (primary N) is 1. The minimum absolute atomic E-state index is 0.452. The van der Waals surface area contributed by atoms with Gasteiger partial charge in [0.05, 0.1) is 24.2 Å². The van der Waals surface area contributed by atoms with Crippen molar-refractivity contribution >= 4 is 22.8 Å². The first kappa shape index (κ1) is 17.5. The highest BCUT2D eigenvalue weighted by Gasteiger charge is 2.20. The first-order valence-corrected chi connectivity index (χ1v) is 9.44. The van der Waals surface area contributed by atoms with Crippen LogP contribution in [0.3, 0.4) is 0 Å². The summed E-state index contributed by atoms with van der Waals surface area (Å²) in [6, 6.07) is 11.5. The Morgan fingerprint density at radius 2 is 1.72 bits per heavy atom. The van der Waals surface area contributed by atoms with Crippen LogP contribution in [0.2, 0.25) is 0 Å². The predicted octanol–water partition coefficient (Wildman–Crippen LogP) is 2.00. The number of benzene rings is 1. The number of para-hydroxylation sites is 2. The van der Waals surface area contributed by atoms with Crippen LogP contribution < -0.4 is 10.6 Å². The van der Waals surface area contributed by atoms with Crippen molar-refractivity contribution in [3.63, 3.8) is 0 Å². The lowest BCUT2D eigenvalue weighted by molar-refractivity contribution is 0.122. The lowest BCUT2D eigenvalue weighted by Gasteiger charge is -2.27.